The summed E-state index contributed by atoms with van der Waals surface area (Å²) in [5, 5.41) is 14.7. The topological polar surface area (TPSA) is 70.6 Å². The monoisotopic (exact) mass is 403 g/mol. The molecule has 0 radical (unpaired) electrons. The van der Waals surface area contributed by atoms with Gasteiger partial charge in [0, 0.05) is 6.21 Å². The number of nitrogens with two attached hydrogens (primary N) is 1. The number of thiocarbonyl (C=S) groups is 1. The lowest BCUT2D eigenvalue weighted by molar-refractivity contribution is -0.0529. The van der Waals surface area contributed by atoms with Gasteiger partial charge in [-0.2, -0.15) is 5.10 Å². The minimum Gasteiger partial charge on any atom is -0.393 e. The van der Waals surface area contributed by atoms with Crippen molar-refractivity contribution in [1.82, 2.24) is 5.43 Å². The van der Waals surface area contributed by atoms with Gasteiger partial charge in [-0.3, -0.25) is 5.43 Å². The van der Waals surface area contributed by atoms with Crippen molar-refractivity contribution >= 4 is 23.5 Å². The standard InChI is InChI=1S/C23H37N3OS/c1-14(13-25-26-21(24)28)18-6-7-19-17-5-4-15-12-16(27)8-10-22(15,2)20(17)9-11-23(18,19)3/h4,13-14,16-20,27H,5-12H2,1-3H3,(H3,24,26,28)/b25-13+. The highest BCUT2D eigenvalue weighted by atomic mass is 32.1. The van der Waals surface area contributed by atoms with E-state index in [1.807, 2.05) is 6.21 Å². The molecule has 0 aromatic heterocycles. The summed E-state index contributed by atoms with van der Waals surface area (Å²) in [7, 11) is 0. The third kappa shape index (κ3) is 3.23. The summed E-state index contributed by atoms with van der Waals surface area (Å²) < 4.78 is 0. The van der Waals surface area contributed by atoms with Crippen molar-refractivity contribution in [1.29, 1.82) is 0 Å². The number of fused-ring (bicyclic) bond motifs is 5. The molecule has 0 spiro atoms. The number of allylic oxidation sites excluding steroid dienone is 1. The fraction of sp³-hybridized carbons (Fsp3) is 0.826. The van der Waals surface area contributed by atoms with Crippen molar-refractivity contribution in [2.24, 2.45) is 51.3 Å². The molecule has 0 heterocycles. The van der Waals surface area contributed by atoms with E-state index >= 15 is 0 Å². The molecule has 3 saturated carbocycles. The number of hydrogen-bond donors (Lipinski definition) is 3. The minimum atomic E-state index is -0.115. The summed E-state index contributed by atoms with van der Waals surface area (Å²) >= 11 is 4.86. The number of hydrogen-bond acceptors (Lipinski definition) is 3. The Morgan fingerprint density at radius 1 is 1.29 bits per heavy atom. The number of aliphatic hydroxyl groups is 1. The molecule has 3 fully saturated rings. The van der Waals surface area contributed by atoms with Crippen LogP contribution in [0.1, 0.15) is 72.1 Å². The molecule has 0 saturated heterocycles. The fourth-order valence-electron chi connectivity index (χ4n) is 7.87. The molecule has 28 heavy (non-hydrogen) atoms. The Morgan fingerprint density at radius 2 is 2.07 bits per heavy atom. The maximum absolute atomic E-state index is 10.2. The predicted molar refractivity (Wildman–Crippen MR) is 119 cm³/mol. The van der Waals surface area contributed by atoms with Gasteiger partial charge in [0.15, 0.2) is 5.11 Å². The van der Waals surface area contributed by atoms with Gasteiger partial charge < -0.3 is 10.8 Å². The van der Waals surface area contributed by atoms with Crippen molar-refractivity contribution in [2.75, 3.05) is 0 Å². The number of aliphatic hydroxyl groups excluding tert-OH is 1. The molecule has 8 unspecified atom stereocenters. The smallest absolute Gasteiger partial charge is 0.184 e. The molecular weight excluding hydrogens is 366 g/mol. The highest BCUT2D eigenvalue weighted by molar-refractivity contribution is 7.80. The fourth-order valence-corrected chi connectivity index (χ4v) is 7.92. The van der Waals surface area contributed by atoms with Gasteiger partial charge in [-0.25, -0.2) is 0 Å². The molecule has 0 aromatic rings. The molecule has 4 N–H and O–H groups in total. The second-order valence-electron chi connectivity index (χ2n) is 10.5. The molecule has 4 aliphatic carbocycles. The molecule has 4 aliphatic rings. The van der Waals surface area contributed by atoms with Crippen LogP contribution in [0.3, 0.4) is 0 Å². The second kappa shape index (κ2) is 7.39. The zero-order chi connectivity index (χ0) is 20.1. The van der Waals surface area contributed by atoms with E-state index in [9.17, 15) is 5.11 Å². The molecule has 0 aliphatic heterocycles. The van der Waals surface area contributed by atoms with Gasteiger partial charge in [0.25, 0.3) is 0 Å². The van der Waals surface area contributed by atoms with E-state index in [0.29, 0.717) is 22.7 Å². The van der Waals surface area contributed by atoms with Gasteiger partial charge in [-0.15, -0.1) is 0 Å². The van der Waals surface area contributed by atoms with E-state index in [4.69, 9.17) is 18.0 Å². The van der Waals surface area contributed by atoms with E-state index in [1.54, 1.807) is 5.57 Å². The summed E-state index contributed by atoms with van der Waals surface area (Å²) in [5.74, 6) is 3.55. The van der Waals surface area contributed by atoms with Crippen molar-refractivity contribution in [3.05, 3.63) is 11.6 Å². The third-order valence-electron chi connectivity index (χ3n) is 9.27. The first kappa shape index (κ1) is 20.3. The Hall–Kier alpha value is -0.940. The number of nitrogens with one attached hydrogen (secondary N) is 1. The summed E-state index contributed by atoms with van der Waals surface area (Å²) in [6.07, 6.45) is 14.0. The van der Waals surface area contributed by atoms with Crippen LogP contribution in [-0.2, 0) is 0 Å². The van der Waals surface area contributed by atoms with Crippen LogP contribution in [0.25, 0.3) is 0 Å². The minimum absolute atomic E-state index is 0.115. The zero-order valence-electron chi connectivity index (χ0n) is 17.7. The second-order valence-corrected chi connectivity index (χ2v) is 10.9. The van der Waals surface area contributed by atoms with Crippen LogP contribution < -0.4 is 11.2 Å². The summed E-state index contributed by atoms with van der Waals surface area (Å²) in [4.78, 5) is 0. The maximum Gasteiger partial charge on any atom is 0.184 e. The first-order valence-electron chi connectivity index (χ1n) is 11.2. The van der Waals surface area contributed by atoms with Crippen LogP contribution in [-0.4, -0.2) is 22.5 Å². The Balaban J connectivity index is 1.54. The lowest BCUT2D eigenvalue weighted by Gasteiger charge is -2.58. The average Bonchev–Trinajstić information content (AvgIpc) is 2.99. The van der Waals surface area contributed by atoms with Gasteiger partial charge >= 0.3 is 0 Å². The van der Waals surface area contributed by atoms with Crippen molar-refractivity contribution < 1.29 is 5.11 Å². The van der Waals surface area contributed by atoms with E-state index in [0.717, 1.165) is 30.6 Å². The first-order chi connectivity index (χ1) is 13.3. The Morgan fingerprint density at radius 3 is 2.82 bits per heavy atom. The Kier molecular flexibility index (Phi) is 5.37. The highest BCUT2D eigenvalue weighted by Gasteiger charge is 2.59. The van der Waals surface area contributed by atoms with E-state index < -0.39 is 0 Å². The highest BCUT2D eigenvalue weighted by Crippen LogP contribution is 2.67. The molecule has 0 bridgehead atoms. The quantitative estimate of drug-likeness (QED) is 0.283. The Bertz CT molecular complexity index is 691. The maximum atomic E-state index is 10.2. The molecule has 0 amide bonds. The summed E-state index contributed by atoms with van der Waals surface area (Å²) in [6, 6.07) is 0. The van der Waals surface area contributed by atoms with Crippen LogP contribution in [0.2, 0.25) is 0 Å². The van der Waals surface area contributed by atoms with Crippen molar-refractivity contribution in [3.8, 4) is 0 Å². The molecule has 0 aromatic carbocycles. The van der Waals surface area contributed by atoms with Crippen molar-refractivity contribution in [3.63, 3.8) is 0 Å². The van der Waals surface area contributed by atoms with Crippen LogP contribution in [0, 0.1) is 40.4 Å². The largest absolute Gasteiger partial charge is 0.393 e. The van der Waals surface area contributed by atoms with Crippen molar-refractivity contribution in [2.45, 2.75) is 78.2 Å². The molecular formula is C23H37N3OS. The SMILES string of the molecule is CC(/C=N/NC(N)=S)C1CCC2C3CC=C4CC(O)CCC4(C)C3CCC12C. The summed E-state index contributed by atoms with van der Waals surface area (Å²) in [6.45, 7) is 7.37. The molecule has 8 atom stereocenters. The number of nitrogens with zero attached hydrogens (tertiary/aromatic N) is 1. The van der Waals surface area contributed by atoms with Crippen LogP contribution >= 0.6 is 12.2 Å². The predicted octanol–water partition coefficient (Wildman–Crippen LogP) is 4.38. The lowest BCUT2D eigenvalue weighted by atomic mass is 9.47. The first-order valence-corrected chi connectivity index (χ1v) is 11.6. The van der Waals surface area contributed by atoms with E-state index in [2.05, 4.69) is 37.4 Å². The molecule has 4 nitrogen and oxygen atoms in total. The van der Waals surface area contributed by atoms with Gasteiger partial charge in [0.2, 0.25) is 0 Å². The van der Waals surface area contributed by atoms with Gasteiger partial charge in [-0.05, 0) is 104 Å². The third-order valence-corrected chi connectivity index (χ3v) is 9.36. The summed E-state index contributed by atoms with van der Waals surface area (Å²) in [5.41, 5.74) is 10.5. The van der Waals surface area contributed by atoms with Gasteiger partial charge in [0.05, 0.1) is 6.10 Å². The van der Waals surface area contributed by atoms with Crippen LogP contribution in [0.4, 0.5) is 0 Å². The van der Waals surface area contributed by atoms with E-state index in [-0.39, 0.29) is 11.2 Å². The molecule has 5 heteroatoms. The normalized spacial score (nSPS) is 46.3. The van der Waals surface area contributed by atoms with E-state index in [1.165, 1.54) is 38.5 Å². The zero-order valence-corrected chi connectivity index (χ0v) is 18.5. The molecule has 4 rings (SSSR count). The number of rotatable bonds is 3. The van der Waals surface area contributed by atoms with Gasteiger partial charge in [0.1, 0.15) is 0 Å². The number of hydrazone groups is 1. The van der Waals surface area contributed by atoms with Gasteiger partial charge in [-0.1, -0.05) is 32.4 Å². The van der Waals surface area contributed by atoms with Crippen LogP contribution in [0.5, 0.6) is 0 Å². The van der Waals surface area contributed by atoms with Crippen LogP contribution in [0.15, 0.2) is 16.8 Å². The Labute approximate surface area is 175 Å². The lowest BCUT2D eigenvalue weighted by Crippen LogP contribution is -2.50. The molecule has 156 valence electrons. The average molecular weight is 404 g/mol.